The van der Waals surface area contributed by atoms with Crippen molar-refractivity contribution in [1.82, 2.24) is 9.55 Å². The standard InChI is InChI=1S/C18H20Cl2N4O3/c1-3-4-10-24-16(21)15(17(26)22-18(24)27)23(2)14(25)9-8-11-12(19)6-5-7-13(11)20/h5-9H,3-4,10,21H2,1-2H3,(H,22,26,27)/b9-8+. The molecule has 144 valence electrons. The number of hydrogen-bond donors (Lipinski definition) is 2. The molecule has 1 amide bonds. The summed E-state index contributed by atoms with van der Waals surface area (Å²) < 4.78 is 1.25. The maximum absolute atomic E-state index is 12.5. The van der Waals surface area contributed by atoms with Gasteiger partial charge >= 0.3 is 5.69 Å². The SMILES string of the molecule is CCCCn1c(N)c(N(C)C(=O)/C=C/c2c(Cl)cccc2Cl)c(=O)[nH]c1=O. The molecule has 3 N–H and O–H groups in total. The van der Waals surface area contributed by atoms with Gasteiger partial charge in [0.25, 0.3) is 11.5 Å². The number of carbonyl (C=O) groups excluding carboxylic acids is 1. The zero-order valence-corrected chi connectivity index (χ0v) is 16.5. The molecular weight excluding hydrogens is 391 g/mol. The minimum atomic E-state index is -0.731. The highest BCUT2D eigenvalue weighted by Gasteiger charge is 2.19. The summed E-state index contributed by atoms with van der Waals surface area (Å²) >= 11 is 12.1. The fourth-order valence-electron chi connectivity index (χ4n) is 2.49. The average Bonchev–Trinajstić information content (AvgIpc) is 2.60. The lowest BCUT2D eigenvalue weighted by molar-refractivity contribution is -0.113. The molecule has 1 heterocycles. The third kappa shape index (κ3) is 4.61. The summed E-state index contributed by atoms with van der Waals surface area (Å²) in [4.78, 5) is 40.0. The Labute approximate surface area is 166 Å². The van der Waals surface area contributed by atoms with Crippen molar-refractivity contribution < 1.29 is 4.79 Å². The normalized spacial score (nSPS) is 11.1. The Kier molecular flexibility index (Phi) is 6.87. The number of benzene rings is 1. The summed E-state index contributed by atoms with van der Waals surface area (Å²) in [6, 6.07) is 4.98. The molecule has 0 spiro atoms. The number of halogens is 2. The first kappa shape index (κ1) is 20.8. The Bertz CT molecular complexity index is 975. The minimum absolute atomic E-state index is 0.0581. The van der Waals surface area contributed by atoms with Crippen molar-refractivity contribution in [2.24, 2.45) is 0 Å². The van der Waals surface area contributed by atoms with Gasteiger partial charge in [-0.2, -0.15) is 0 Å². The number of aromatic amines is 1. The fraction of sp³-hybridized carbons (Fsp3) is 0.278. The van der Waals surface area contributed by atoms with Crippen LogP contribution in [0.2, 0.25) is 10.0 Å². The predicted octanol–water partition coefficient (Wildman–Crippen LogP) is 2.90. The molecule has 0 fully saturated rings. The average molecular weight is 411 g/mol. The van der Waals surface area contributed by atoms with Crippen LogP contribution in [-0.2, 0) is 11.3 Å². The molecule has 0 aliphatic heterocycles. The highest BCUT2D eigenvalue weighted by molar-refractivity contribution is 6.37. The number of rotatable bonds is 6. The first-order valence-electron chi connectivity index (χ1n) is 8.30. The van der Waals surface area contributed by atoms with E-state index in [-0.39, 0.29) is 11.5 Å². The molecule has 0 radical (unpaired) electrons. The van der Waals surface area contributed by atoms with Gasteiger partial charge < -0.3 is 10.6 Å². The number of hydrogen-bond acceptors (Lipinski definition) is 4. The lowest BCUT2D eigenvalue weighted by Crippen LogP contribution is -2.38. The second-order valence-corrected chi connectivity index (χ2v) is 6.68. The number of anilines is 2. The Balaban J connectivity index is 2.38. The fourth-order valence-corrected chi connectivity index (χ4v) is 3.01. The van der Waals surface area contributed by atoms with Crippen molar-refractivity contribution in [2.45, 2.75) is 26.3 Å². The topological polar surface area (TPSA) is 101 Å². The third-order valence-corrected chi connectivity index (χ3v) is 4.67. The van der Waals surface area contributed by atoms with Crippen molar-refractivity contribution in [2.75, 3.05) is 17.7 Å². The van der Waals surface area contributed by atoms with Crippen LogP contribution in [0.3, 0.4) is 0 Å². The van der Waals surface area contributed by atoms with E-state index in [0.29, 0.717) is 28.6 Å². The summed E-state index contributed by atoms with van der Waals surface area (Å²) in [7, 11) is 1.40. The van der Waals surface area contributed by atoms with Crippen LogP contribution < -0.4 is 21.9 Å². The molecule has 7 nitrogen and oxygen atoms in total. The lowest BCUT2D eigenvalue weighted by atomic mass is 10.2. The molecule has 1 aromatic heterocycles. The first-order valence-corrected chi connectivity index (χ1v) is 9.05. The summed E-state index contributed by atoms with van der Waals surface area (Å²) in [5.74, 6) is -0.582. The van der Waals surface area contributed by atoms with E-state index in [9.17, 15) is 14.4 Å². The molecule has 9 heteroatoms. The number of carbonyl (C=O) groups is 1. The van der Waals surface area contributed by atoms with Gasteiger partial charge in [0, 0.05) is 35.3 Å². The van der Waals surface area contributed by atoms with Crippen LogP contribution in [-0.4, -0.2) is 22.5 Å². The van der Waals surface area contributed by atoms with Crippen LogP contribution in [0.5, 0.6) is 0 Å². The first-order chi connectivity index (χ1) is 12.8. The molecule has 0 aliphatic carbocycles. The zero-order valence-electron chi connectivity index (χ0n) is 15.0. The Hall–Kier alpha value is -2.51. The number of amides is 1. The van der Waals surface area contributed by atoms with Gasteiger partial charge in [-0.05, 0) is 24.6 Å². The Morgan fingerprint density at radius 3 is 2.52 bits per heavy atom. The number of nitrogens with two attached hydrogens (primary N) is 1. The van der Waals surface area contributed by atoms with E-state index in [2.05, 4.69) is 4.98 Å². The van der Waals surface area contributed by atoms with Crippen LogP contribution in [0.1, 0.15) is 25.3 Å². The number of H-pyrrole nitrogens is 1. The van der Waals surface area contributed by atoms with E-state index in [1.54, 1.807) is 18.2 Å². The van der Waals surface area contributed by atoms with Crippen LogP contribution in [0.4, 0.5) is 11.5 Å². The minimum Gasteiger partial charge on any atom is -0.383 e. The van der Waals surface area contributed by atoms with E-state index >= 15 is 0 Å². The van der Waals surface area contributed by atoms with E-state index in [4.69, 9.17) is 28.9 Å². The van der Waals surface area contributed by atoms with Crippen molar-refractivity contribution >= 4 is 46.7 Å². The molecule has 2 aromatic rings. The molecule has 0 bridgehead atoms. The quantitative estimate of drug-likeness (QED) is 0.714. The number of nitrogen functional groups attached to an aromatic ring is 1. The van der Waals surface area contributed by atoms with Crippen LogP contribution in [0.15, 0.2) is 33.9 Å². The molecule has 0 aliphatic rings. The van der Waals surface area contributed by atoms with Gasteiger partial charge in [0.05, 0.1) is 0 Å². The zero-order chi connectivity index (χ0) is 20.1. The molecule has 0 saturated heterocycles. The van der Waals surface area contributed by atoms with Crippen molar-refractivity contribution in [3.63, 3.8) is 0 Å². The van der Waals surface area contributed by atoms with Crippen LogP contribution in [0, 0.1) is 0 Å². The molecular formula is C18H20Cl2N4O3. The largest absolute Gasteiger partial charge is 0.383 e. The maximum atomic E-state index is 12.5. The number of nitrogens with zero attached hydrogens (tertiary/aromatic N) is 2. The van der Waals surface area contributed by atoms with Crippen LogP contribution >= 0.6 is 23.2 Å². The van der Waals surface area contributed by atoms with Gasteiger partial charge in [-0.25, -0.2) is 4.79 Å². The Morgan fingerprint density at radius 2 is 1.93 bits per heavy atom. The number of nitrogens with one attached hydrogen (secondary N) is 1. The van der Waals surface area contributed by atoms with Gasteiger partial charge in [-0.3, -0.25) is 19.1 Å². The highest BCUT2D eigenvalue weighted by atomic mass is 35.5. The second kappa shape index (κ2) is 8.92. The molecule has 0 atom stereocenters. The molecule has 2 rings (SSSR count). The van der Waals surface area contributed by atoms with E-state index < -0.39 is 17.2 Å². The summed E-state index contributed by atoms with van der Waals surface area (Å²) in [6.45, 7) is 2.31. The predicted molar refractivity (Wildman–Crippen MR) is 110 cm³/mol. The van der Waals surface area contributed by atoms with Crippen LogP contribution in [0.25, 0.3) is 6.08 Å². The highest BCUT2D eigenvalue weighted by Crippen LogP contribution is 2.25. The van der Waals surface area contributed by atoms with Crippen molar-refractivity contribution in [1.29, 1.82) is 0 Å². The van der Waals surface area contributed by atoms with Crippen molar-refractivity contribution in [3.8, 4) is 0 Å². The number of aromatic nitrogens is 2. The molecule has 1 aromatic carbocycles. The van der Waals surface area contributed by atoms with E-state index in [0.717, 1.165) is 11.3 Å². The van der Waals surface area contributed by atoms with Gasteiger partial charge in [0.15, 0.2) is 5.69 Å². The molecule has 0 saturated carbocycles. The Morgan fingerprint density at radius 1 is 1.30 bits per heavy atom. The van der Waals surface area contributed by atoms with E-state index in [1.807, 2.05) is 6.92 Å². The molecule has 27 heavy (non-hydrogen) atoms. The number of unbranched alkanes of at least 4 members (excludes halogenated alkanes) is 1. The monoisotopic (exact) mass is 410 g/mol. The smallest absolute Gasteiger partial charge is 0.330 e. The third-order valence-electron chi connectivity index (χ3n) is 4.01. The van der Waals surface area contributed by atoms with Gasteiger partial charge in [0.2, 0.25) is 0 Å². The maximum Gasteiger partial charge on any atom is 0.330 e. The van der Waals surface area contributed by atoms with E-state index in [1.165, 1.54) is 23.8 Å². The molecule has 0 unspecified atom stereocenters. The van der Waals surface area contributed by atoms with Gasteiger partial charge in [-0.15, -0.1) is 0 Å². The second-order valence-electron chi connectivity index (χ2n) is 5.86. The lowest BCUT2D eigenvalue weighted by Gasteiger charge is -2.19. The summed E-state index contributed by atoms with van der Waals surface area (Å²) in [5.41, 5.74) is 5.06. The summed E-state index contributed by atoms with van der Waals surface area (Å²) in [5, 5.41) is 0.777. The van der Waals surface area contributed by atoms with Gasteiger partial charge in [0.1, 0.15) is 5.82 Å². The summed E-state index contributed by atoms with van der Waals surface area (Å²) in [6.07, 6.45) is 4.24. The van der Waals surface area contributed by atoms with Gasteiger partial charge in [-0.1, -0.05) is 42.6 Å². The van der Waals surface area contributed by atoms with Crippen molar-refractivity contribution in [3.05, 3.63) is 60.7 Å². The number of likely N-dealkylation sites (N-methyl/N-ethyl adjacent to an activating group) is 1.